The molecular weight excluding hydrogens is 174 g/mol. The molecule has 12 heavy (non-hydrogen) atoms. The second kappa shape index (κ2) is 5.05. The minimum absolute atomic E-state index is 0.346. The summed E-state index contributed by atoms with van der Waals surface area (Å²) in [5.74, 6) is 1.51. The first-order valence-electron chi connectivity index (χ1n) is 4.57. The standard InChI is InChI=1S/C9H18ClNO/c1-8(12-2)6-11-4-3-9(5-10)7-11/h8-9H,3-7H2,1-2H3. The van der Waals surface area contributed by atoms with Gasteiger partial charge >= 0.3 is 0 Å². The summed E-state index contributed by atoms with van der Waals surface area (Å²) in [6.45, 7) is 5.49. The molecule has 0 aromatic heterocycles. The van der Waals surface area contributed by atoms with Gasteiger partial charge in [0.1, 0.15) is 0 Å². The molecule has 0 spiro atoms. The van der Waals surface area contributed by atoms with Gasteiger partial charge in [0.15, 0.2) is 0 Å². The number of likely N-dealkylation sites (tertiary alicyclic amines) is 1. The molecule has 0 radical (unpaired) electrons. The average molecular weight is 192 g/mol. The molecule has 0 aromatic rings. The van der Waals surface area contributed by atoms with E-state index in [2.05, 4.69) is 11.8 Å². The third-order valence-corrected chi connectivity index (χ3v) is 2.94. The molecule has 1 rings (SSSR count). The van der Waals surface area contributed by atoms with Gasteiger partial charge in [0, 0.05) is 26.1 Å². The Bertz CT molecular complexity index is 132. The molecule has 0 saturated carbocycles. The van der Waals surface area contributed by atoms with Crippen LogP contribution in [0.5, 0.6) is 0 Å². The van der Waals surface area contributed by atoms with E-state index in [9.17, 15) is 0 Å². The molecule has 1 saturated heterocycles. The third-order valence-electron chi connectivity index (χ3n) is 2.51. The molecule has 0 aliphatic carbocycles. The van der Waals surface area contributed by atoms with Crippen LogP contribution in [0.3, 0.4) is 0 Å². The lowest BCUT2D eigenvalue weighted by Crippen LogP contribution is -2.30. The fourth-order valence-corrected chi connectivity index (χ4v) is 1.89. The topological polar surface area (TPSA) is 12.5 Å². The largest absolute Gasteiger partial charge is 0.380 e. The van der Waals surface area contributed by atoms with Crippen LogP contribution in [0.1, 0.15) is 13.3 Å². The van der Waals surface area contributed by atoms with E-state index in [1.165, 1.54) is 13.0 Å². The maximum absolute atomic E-state index is 5.79. The van der Waals surface area contributed by atoms with Crippen LogP contribution in [0.2, 0.25) is 0 Å². The van der Waals surface area contributed by atoms with Crippen molar-refractivity contribution in [2.75, 3.05) is 32.6 Å². The minimum atomic E-state index is 0.346. The van der Waals surface area contributed by atoms with E-state index in [0.29, 0.717) is 12.0 Å². The van der Waals surface area contributed by atoms with Crippen LogP contribution in [-0.2, 0) is 4.74 Å². The maximum Gasteiger partial charge on any atom is 0.0670 e. The van der Waals surface area contributed by atoms with Gasteiger partial charge in [-0.15, -0.1) is 11.6 Å². The number of hydrogen-bond donors (Lipinski definition) is 0. The summed E-state index contributed by atoms with van der Waals surface area (Å²) in [6, 6.07) is 0. The van der Waals surface area contributed by atoms with E-state index in [1.807, 2.05) is 0 Å². The van der Waals surface area contributed by atoms with Crippen molar-refractivity contribution < 1.29 is 4.74 Å². The van der Waals surface area contributed by atoms with Gasteiger partial charge in [-0.1, -0.05) is 0 Å². The van der Waals surface area contributed by atoms with Crippen molar-refractivity contribution in [1.82, 2.24) is 4.90 Å². The van der Waals surface area contributed by atoms with Crippen LogP contribution in [-0.4, -0.2) is 43.6 Å². The van der Waals surface area contributed by atoms with Crippen molar-refractivity contribution >= 4 is 11.6 Å². The van der Waals surface area contributed by atoms with Crippen molar-refractivity contribution in [3.8, 4) is 0 Å². The normalized spacial score (nSPS) is 27.8. The molecule has 0 N–H and O–H groups in total. The van der Waals surface area contributed by atoms with E-state index in [1.54, 1.807) is 7.11 Å². The van der Waals surface area contributed by atoms with Gasteiger partial charge in [-0.3, -0.25) is 0 Å². The highest BCUT2D eigenvalue weighted by Crippen LogP contribution is 2.17. The Hall–Kier alpha value is 0.210. The highest BCUT2D eigenvalue weighted by molar-refractivity contribution is 6.18. The fraction of sp³-hybridized carbons (Fsp3) is 1.00. The van der Waals surface area contributed by atoms with Gasteiger partial charge in [-0.2, -0.15) is 0 Å². The Morgan fingerprint density at radius 2 is 2.42 bits per heavy atom. The number of halogens is 1. The Labute approximate surface area is 79.8 Å². The molecule has 1 fully saturated rings. The summed E-state index contributed by atoms with van der Waals surface area (Å²) in [4.78, 5) is 2.43. The molecule has 1 aliphatic rings. The predicted octanol–water partition coefficient (Wildman–Crippen LogP) is 1.58. The van der Waals surface area contributed by atoms with Crippen molar-refractivity contribution in [1.29, 1.82) is 0 Å². The Kier molecular flexibility index (Phi) is 4.33. The lowest BCUT2D eigenvalue weighted by molar-refractivity contribution is 0.0842. The molecular formula is C9H18ClNO. The third kappa shape index (κ3) is 2.92. The van der Waals surface area contributed by atoms with Gasteiger partial charge in [0.25, 0.3) is 0 Å². The van der Waals surface area contributed by atoms with Crippen LogP contribution in [0.25, 0.3) is 0 Å². The lowest BCUT2D eigenvalue weighted by Gasteiger charge is -2.19. The highest BCUT2D eigenvalue weighted by atomic mass is 35.5. The number of nitrogens with zero attached hydrogens (tertiary/aromatic N) is 1. The van der Waals surface area contributed by atoms with E-state index in [0.717, 1.165) is 19.0 Å². The van der Waals surface area contributed by atoms with Crippen LogP contribution in [0.4, 0.5) is 0 Å². The molecule has 3 heteroatoms. The van der Waals surface area contributed by atoms with Gasteiger partial charge in [0.05, 0.1) is 6.10 Å². The summed E-state index contributed by atoms with van der Waals surface area (Å²) in [6.07, 6.45) is 1.60. The Morgan fingerprint density at radius 1 is 1.67 bits per heavy atom. The van der Waals surface area contributed by atoms with Crippen LogP contribution < -0.4 is 0 Å². The second-order valence-corrected chi connectivity index (χ2v) is 3.92. The smallest absolute Gasteiger partial charge is 0.0670 e. The minimum Gasteiger partial charge on any atom is -0.380 e. The molecule has 2 atom stereocenters. The van der Waals surface area contributed by atoms with Gasteiger partial charge in [0.2, 0.25) is 0 Å². The maximum atomic E-state index is 5.79. The summed E-state index contributed by atoms with van der Waals surface area (Å²) in [5.41, 5.74) is 0. The summed E-state index contributed by atoms with van der Waals surface area (Å²) in [5, 5.41) is 0. The first kappa shape index (κ1) is 10.3. The summed E-state index contributed by atoms with van der Waals surface area (Å²) < 4.78 is 5.21. The molecule has 72 valence electrons. The first-order valence-corrected chi connectivity index (χ1v) is 5.10. The Morgan fingerprint density at radius 3 is 2.92 bits per heavy atom. The fourth-order valence-electron chi connectivity index (χ4n) is 1.64. The molecule has 0 amide bonds. The number of hydrogen-bond acceptors (Lipinski definition) is 2. The van der Waals surface area contributed by atoms with Crippen molar-refractivity contribution in [2.24, 2.45) is 5.92 Å². The predicted molar refractivity (Wildman–Crippen MR) is 51.7 cm³/mol. The van der Waals surface area contributed by atoms with Crippen molar-refractivity contribution in [2.45, 2.75) is 19.4 Å². The monoisotopic (exact) mass is 191 g/mol. The van der Waals surface area contributed by atoms with E-state index < -0.39 is 0 Å². The quantitative estimate of drug-likeness (QED) is 0.626. The van der Waals surface area contributed by atoms with Gasteiger partial charge < -0.3 is 9.64 Å². The zero-order chi connectivity index (χ0) is 8.97. The first-order chi connectivity index (χ1) is 5.76. The summed E-state index contributed by atoms with van der Waals surface area (Å²) >= 11 is 5.79. The summed E-state index contributed by atoms with van der Waals surface area (Å²) in [7, 11) is 1.76. The Balaban J connectivity index is 2.18. The van der Waals surface area contributed by atoms with Crippen LogP contribution >= 0.6 is 11.6 Å². The van der Waals surface area contributed by atoms with Gasteiger partial charge in [-0.25, -0.2) is 0 Å². The van der Waals surface area contributed by atoms with E-state index in [4.69, 9.17) is 16.3 Å². The zero-order valence-corrected chi connectivity index (χ0v) is 8.68. The van der Waals surface area contributed by atoms with E-state index in [-0.39, 0.29) is 0 Å². The average Bonchev–Trinajstić information content (AvgIpc) is 2.52. The zero-order valence-electron chi connectivity index (χ0n) is 7.92. The number of ether oxygens (including phenoxy) is 1. The molecule has 1 heterocycles. The lowest BCUT2D eigenvalue weighted by atomic mass is 10.2. The van der Waals surface area contributed by atoms with Crippen molar-refractivity contribution in [3.05, 3.63) is 0 Å². The number of methoxy groups -OCH3 is 1. The second-order valence-electron chi connectivity index (χ2n) is 3.61. The molecule has 0 aromatic carbocycles. The highest BCUT2D eigenvalue weighted by Gasteiger charge is 2.22. The molecule has 2 unspecified atom stereocenters. The van der Waals surface area contributed by atoms with Crippen LogP contribution in [0.15, 0.2) is 0 Å². The molecule has 0 bridgehead atoms. The SMILES string of the molecule is COC(C)CN1CCC(CCl)C1. The van der Waals surface area contributed by atoms with Crippen LogP contribution in [0, 0.1) is 5.92 Å². The molecule has 2 nitrogen and oxygen atoms in total. The number of rotatable bonds is 4. The number of alkyl halides is 1. The van der Waals surface area contributed by atoms with Crippen molar-refractivity contribution in [3.63, 3.8) is 0 Å². The molecule has 1 aliphatic heterocycles. The van der Waals surface area contributed by atoms with Gasteiger partial charge in [-0.05, 0) is 25.8 Å². The van der Waals surface area contributed by atoms with E-state index >= 15 is 0 Å².